The molecule has 0 saturated carbocycles. The first-order valence-corrected chi connectivity index (χ1v) is 2.43. The van der Waals surface area contributed by atoms with Crippen LogP contribution < -0.4 is 4.74 Å². The Balaban J connectivity index is 2.83. The molecule has 1 rings (SSSR count). The lowest BCUT2D eigenvalue weighted by Crippen LogP contribution is -1.78. The van der Waals surface area contributed by atoms with Crippen molar-refractivity contribution in [1.82, 2.24) is 0 Å². The zero-order chi connectivity index (χ0) is 5.82. The van der Waals surface area contributed by atoms with Crippen LogP contribution in [0.25, 0.3) is 0 Å². The van der Waals surface area contributed by atoms with E-state index in [2.05, 4.69) is 6.07 Å². The van der Waals surface area contributed by atoms with Gasteiger partial charge in [0.25, 0.3) is 0 Å². The summed E-state index contributed by atoms with van der Waals surface area (Å²) in [5.41, 5.74) is 0. The lowest BCUT2D eigenvalue weighted by atomic mass is 10.3. The Labute approximate surface area is 48.9 Å². The monoisotopic (exact) mass is 107 g/mol. The predicted octanol–water partition coefficient (Wildman–Crippen LogP) is 1.50. The van der Waals surface area contributed by atoms with Crippen LogP contribution in [0, 0.1) is 6.07 Å². The van der Waals surface area contributed by atoms with Crippen molar-refractivity contribution in [3.63, 3.8) is 0 Å². The fourth-order valence-electron chi connectivity index (χ4n) is 0.504. The molecule has 0 aromatic heterocycles. The van der Waals surface area contributed by atoms with Gasteiger partial charge in [0.1, 0.15) is 5.75 Å². The second-order valence-corrected chi connectivity index (χ2v) is 1.44. The SMILES string of the molecule is COc1c[c]ccc1. The Kier molecular flexibility index (Phi) is 1.52. The molecule has 1 heteroatoms. The molecule has 0 N–H and O–H groups in total. The minimum absolute atomic E-state index is 0.854. The van der Waals surface area contributed by atoms with Crippen LogP contribution in [0.1, 0.15) is 0 Å². The van der Waals surface area contributed by atoms with Crippen LogP contribution in [-0.4, -0.2) is 7.11 Å². The molecule has 1 nitrogen and oxygen atoms in total. The van der Waals surface area contributed by atoms with Gasteiger partial charge in [-0.2, -0.15) is 0 Å². The molecule has 0 saturated heterocycles. The first-order chi connectivity index (χ1) is 3.93. The van der Waals surface area contributed by atoms with E-state index in [-0.39, 0.29) is 0 Å². The van der Waals surface area contributed by atoms with Crippen LogP contribution in [0.15, 0.2) is 24.3 Å². The summed E-state index contributed by atoms with van der Waals surface area (Å²) in [6.07, 6.45) is 0. The van der Waals surface area contributed by atoms with E-state index in [1.165, 1.54) is 0 Å². The van der Waals surface area contributed by atoms with E-state index in [0.29, 0.717) is 0 Å². The summed E-state index contributed by atoms with van der Waals surface area (Å²) in [5, 5.41) is 0. The molecule has 1 aromatic carbocycles. The molecule has 0 bridgehead atoms. The van der Waals surface area contributed by atoms with E-state index in [0.717, 1.165) is 5.75 Å². The van der Waals surface area contributed by atoms with E-state index in [9.17, 15) is 0 Å². The van der Waals surface area contributed by atoms with Crippen molar-refractivity contribution in [3.8, 4) is 5.75 Å². The van der Waals surface area contributed by atoms with Crippen molar-refractivity contribution in [1.29, 1.82) is 0 Å². The molecule has 0 aliphatic carbocycles. The summed E-state index contributed by atoms with van der Waals surface area (Å²) >= 11 is 0. The Morgan fingerprint density at radius 2 is 2.50 bits per heavy atom. The highest BCUT2D eigenvalue weighted by Gasteiger charge is 1.80. The molecule has 0 heterocycles. The van der Waals surface area contributed by atoms with Crippen LogP contribution >= 0.6 is 0 Å². The van der Waals surface area contributed by atoms with Crippen molar-refractivity contribution < 1.29 is 4.74 Å². The molecular formula is C7H7O. The summed E-state index contributed by atoms with van der Waals surface area (Å²) < 4.78 is 4.88. The molecule has 41 valence electrons. The quantitative estimate of drug-likeness (QED) is 0.528. The van der Waals surface area contributed by atoms with Crippen LogP contribution in [0.2, 0.25) is 0 Å². The third-order valence-corrected chi connectivity index (χ3v) is 0.914. The lowest BCUT2D eigenvalue weighted by molar-refractivity contribution is 0.414. The summed E-state index contributed by atoms with van der Waals surface area (Å²) in [6, 6.07) is 10.3. The predicted molar refractivity (Wildman–Crippen MR) is 31.8 cm³/mol. The zero-order valence-corrected chi connectivity index (χ0v) is 4.72. The maximum Gasteiger partial charge on any atom is 0.119 e. The van der Waals surface area contributed by atoms with Gasteiger partial charge in [-0.1, -0.05) is 12.1 Å². The van der Waals surface area contributed by atoms with Crippen molar-refractivity contribution in [2.45, 2.75) is 0 Å². The van der Waals surface area contributed by atoms with Gasteiger partial charge in [0.05, 0.1) is 7.11 Å². The van der Waals surface area contributed by atoms with Crippen molar-refractivity contribution >= 4 is 0 Å². The molecule has 0 unspecified atom stereocenters. The van der Waals surface area contributed by atoms with Gasteiger partial charge in [-0.15, -0.1) is 0 Å². The van der Waals surface area contributed by atoms with Gasteiger partial charge >= 0.3 is 0 Å². The van der Waals surface area contributed by atoms with Gasteiger partial charge in [0, 0.05) is 0 Å². The average Bonchev–Trinajstić information content (AvgIpc) is 1.90. The zero-order valence-electron chi connectivity index (χ0n) is 4.72. The number of rotatable bonds is 1. The van der Waals surface area contributed by atoms with Gasteiger partial charge in [-0.05, 0) is 18.2 Å². The first-order valence-electron chi connectivity index (χ1n) is 2.43. The maximum absolute atomic E-state index is 4.88. The number of hydrogen-bond acceptors (Lipinski definition) is 1. The molecule has 1 radical (unpaired) electrons. The second kappa shape index (κ2) is 2.36. The highest BCUT2D eigenvalue weighted by molar-refractivity contribution is 5.19. The van der Waals surface area contributed by atoms with E-state index < -0.39 is 0 Å². The fourth-order valence-corrected chi connectivity index (χ4v) is 0.504. The largest absolute Gasteiger partial charge is 0.497 e. The first kappa shape index (κ1) is 5.16. The molecule has 8 heavy (non-hydrogen) atoms. The third kappa shape index (κ3) is 0.997. The summed E-state index contributed by atoms with van der Waals surface area (Å²) in [6.45, 7) is 0. The van der Waals surface area contributed by atoms with Crippen LogP contribution in [0.5, 0.6) is 5.75 Å². The Hall–Kier alpha value is -0.980. The number of benzene rings is 1. The average molecular weight is 107 g/mol. The normalized spacial score (nSPS) is 8.62. The Bertz CT molecular complexity index is 146. The molecule has 0 spiro atoms. The van der Waals surface area contributed by atoms with E-state index in [4.69, 9.17) is 4.74 Å². The Morgan fingerprint density at radius 3 is 2.88 bits per heavy atom. The van der Waals surface area contributed by atoms with Crippen molar-refractivity contribution in [2.24, 2.45) is 0 Å². The molecule has 0 aliphatic rings. The number of ether oxygens (including phenoxy) is 1. The minimum Gasteiger partial charge on any atom is -0.497 e. The number of hydrogen-bond donors (Lipinski definition) is 0. The summed E-state index contributed by atoms with van der Waals surface area (Å²) in [5.74, 6) is 0.854. The molecule has 1 aromatic rings. The van der Waals surface area contributed by atoms with Crippen molar-refractivity contribution in [2.75, 3.05) is 7.11 Å². The highest BCUT2D eigenvalue weighted by Crippen LogP contribution is 2.04. The van der Waals surface area contributed by atoms with Gasteiger partial charge < -0.3 is 4.74 Å². The summed E-state index contributed by atoms with van der Waals surface area (Å²) in [4.78, 5) is 0. The number of methoxy groups -OCH3 is 1. The standard InChI is InChI=1S/C7H7O/c1-8-7-5-3-2-4-6-7/h2-3,5-6H,1H3. The highest BCUT2D eigenvalue weighted by atomic mass is 16.5. The van der Waals surface area contributed by atoms with Gasteiger partial charge in [-0.3, -0.25) is 0 Å². The molecule has 0 aliphatic heterocycles. The minimum atomic E-state index is 0.854. The van der Waals surface area contributed by atoms with Crippen LogP contribution in [0.4, 0.5) is 0 Å². The smallest absolute Gasteiger partial charge is 0.119 e. The molecule has 0 fully saturated rings. The van der Waals surface area contributed by atoms with Crippen LogP contribution in [-0.2, 0) is 0 Å². The molecule has 0 amide bonds. The topological polar surface area (TPSA) is 9.23 Å². The third-order valence-electron chi connectivity index (χ3n) is 0.914. The maximum atomic E-state index is 4.88. The fraction of sp³-hybridized carbons (Fsp3) is 0.143. The van der Waals surface area contributed by atoms with E-state index in [1.54, 1.807) is 13.2 Å². The van der Waals surface area contributed by atoms with Crippen molar-refractivity contribution in [3.05, 3.63) is 30.3 Å². The van der Waals surface area contributed by atoms with Crippen LogP contribution in [0.3, 0.4) is 0 Å². The second-order valence-electron chi connectivity index (χ2n) is 1.44. The van der Waals surface area contributed by atoms with Gasteiger partial charge in [0.2, 0.25) is 0 Å². The van der Waals surface area contributed by atoms with E-state index in [1.807, 2.05) is 18.2 Å². The Morgan fingerprint density at radius 1 is 1.62 bits per heavy atom. The van der Waals surface area contributed by atoms with E-state index >= 15 is 0 Å². The summed E-state index contributed by atoms with van der Waals surface area (Å²) in [7, 11) is 1.64. The molecular weight excluding hydrogens is 100 g/mol. The molecule has 0 atom stereocenters. The van der Waals surface area contributed by atoms with Gasteiger partial charge in [-0.25, -0.2) is 0 Å². The van der Waals surface area contributed by atoms with Gasteiger partial charge in [0.15, 0.2) is 0 Å². The lowest BCUT2D eigenvalue weighted by Gasteiger charge is -1.93.